The lowest BCUT2D eigenvalue weighted by Crippen LogP contribution is -2.25. The van der Waals surface area contributed by atoms with Crippen LogP contribution in [0.1, 0.15) is 24.8 Å². The minimum absolute atomic E-state index is 0.109. The van der Waals surface area contributed by atoms with Crippen LogP contribution in [0.4, 0.5) is 0 Å². The van der Waals surface area contributed by atoms with Crippen LogP contribution in [0.25, 0.3) is 0 Å². The fraction of sp³-hybridized carbons (Fsp3) is 0.500. The molecule has 16 heavy (non-hydrogen) atoms. The van der Waals surface area contributed by atoms with Gasteiger partial charge in [0.25, 0.3) is 0 Å². The summed E-state index contributed by atoms with van der Waals surface area (Å²) in [5.74, 6) is 5.84. The van der Waals surface area contributed by atoms with E-state index in [4.69, 9.17) is 15.4 Å². The first-order valence-corrected chi connectivity index (χ1v) is 5.57. The third-order valence-corrected chi connectivity index (χ3v) is 2.55. The van der Waals surface area contributed by atoms with Gasteiger partial charge in [-0.3, -0.25) is 4.84 Å². The van der Waals surface area contributed by atoms with Crippen molar-refractivity contribution in [2.24, 2.45) is 5.90 Å². The number of rotatable bonds is 4. The molecule has 1 aromatic rings. The number of ether oxygens (including phenoxy) is 2. The van der Waals surface area contributed by atoms with Crippen molar-refractivity contribution < 1.29 is 14.3 Å². The van der Waals surface area contributed by atoms with Crippen LogP contribution in [-0.4, -0.2) is 12.9 Å². The molecule has 0 amide bonds. The maximum Gasteiger partial charge on any atom is 0.199 e. The number of hydrogen-bond acceptors (Lipinski definition) is 4. The van der Waals surface area contributed by atoms with Crippen LogP contribution in [0, 0.1) is 0 Å². The van der Waals surface area contributed by atoms with E-state index in [9.17, 15) is 0 Å². The van der Waals surface area contributed by atoms with Gasteiger partial charge in [0, 0.05) is 6.42 Å². The summed E-state index contributed by atoms with van der Waals surface area (Å²) >= 11 is 0. The molecule has 1 saturated heterocycles. The smallest absolute Gasteiger partial charge is 0.199 e. The van der Waals surface area contributed by atoms with Gasteiger partial charge < -0.3 is 9.47 Å². The highest BCUT2D eigenvalue weighted by atomic mass is 16.7. The normalized spacial score (nSPS) is 20.7. The van der Waals surface area contributed by atoms with Gasteiger partial charge in [-0.05, 0) is 30.5 Å². The summed E-state index contributed by atoms with van der Waals surface area (Å²) in [5.41, 5.74) is 0.996. The van der Waals surface area contributed by atoms with Gasteiger partial charge in [0.15, 0.2) is 6.29 Å². The summed E-state index contributed by atoms with van der Waals surface area (Å²) in [6, 6.07) is 7.71. The Kier molecular flexibility index (Phi) is 4.16. The average molecular weight is 223 g/mol. The van der Waals surface area contributed by atoms with Crippen molar-refractivity contribution in [3.63, 3.8) is 0 Å². The molecule has 0 saturated carbocycles. The van der Waals surface area contributed by atoms with E-state index in [0.717, 1.165) is 37.2 Å². The molecular weight excluding hydrogens is 206 g/mol. The molecule has 88 valence electrons. The molecule has 1 aromatic carbocycles. The summed E-state index contributed by atoms with van der Waals surface area (Å²) in [6.07, 6.45) is 3.14. The molecule has 1 atom stereocenters. The van der Waals surface area contributed by atoms with Crippen LogP contribution < -0.4 is 10.6 Å². The van der Waals surface area contributed by atoms with Gasteiger partial charge in [-0.1, -0.05) is 12.1 Å². The van der Waals surface area contributed by atoms with Crippen molar-refractivity contribution >= 4 is 0 Å². The van der Waals surface area contributed by atoms with Gasteiger partial charge in [0.2, 0.25) is 0 Å². The highest BCUT2D eigenvalue weighted by Gasteiger charge is 2.15. The second kappa shape index (κ2) is 5.84. The Morgan fingerprint density at radius 1 is 1.38 bits per heavy atom. The van der Waals surface area contributed by atoms with E-state index < -0.39 is 0 Å². The number of benzene rings is 1. The molecule has 4 nitrogen and oxygen atoms in total. The molecule has 0 aliphatic carbocycles. The predicted octanol–water partition coefficient (Wildman–Crippen LogP) is 1.98. The second-order valence-corrected chi connectivity index (χ2v) is 3.87. The minimum atomic E-state index is -0.109. The molecule has 1 unspecified atom stereocenters. The molecule has 1 aliphatic heterocycles. The van der Waals surface area contributed by atoms with E-state index in [0.29, 0.717) is 6.61 Å². The largest absolute Gasteiger partial charge is 0.465 e. The van der Waals surface area contributed by atoms with E-state index in [2.05, 4.69) is 4.84 Å². The fourth-order valence-electron chi connectivity index (χ4n) is 1.76. The van der Waals surface area contributed by atoms with Crippen LogP contribution in [-0.2, 0) is 16.2 Å². The molecule has 1 heterocycles. The van der Waals surface area contributed by atoms with Crippen LogP contribution >= 0.6 is 0 Å². The van der Waals surface area contributed by atoms with Crippen molar-refractivity contribution in [3.05, 3.63) is 29.8 Å². The number of hydrogen-bond donors (Lipinski definition) is 1. The Morgan fingerprint density at radius 2 is 2.31 bits per heavy atom. The Labute approximate surface area is 95.2 Å². The lowest BCUT2D eigenvalue weighted by atomic mass is 10.2. The minimum Gasteiger partial charge on any atom is -0.465 e. The first-order valence-electron chi connectivity index (χ1n) is 5.57. The van der Waals surface area contributed by atoms with Crippen LogP contribution in [0.2, 0.25) is 0 Å². The zero-order valence-corrected chi connectivity index (χ0v) is 9.22. The molecule has 2 N–H and O–H groups in total. The molecule has 0 spiro atoms. The molecular formula is C12H17NO3. The first kappa shape index (κ1) is 11.4. The van der Waals surface area contributed by atoms with E-state index in [1.807, 2.05) is 24.3 Å². The molecule has 1 fully saturated rings. The van der Waals surface area contributed by atoms with Crippen LogP contribution in [0.3, 0.4) is 0 Å². The van der Waals surface area contributed by atoms with Crippen LogP contribution in [0.15, 0.2) is 24.3 Å². The molecule has 0 radical (unpaired) electrons. The van der Waals surface area contributed by atoms with Gasteiger partial charge in [0.1, 0.15) is 5.75 Å². The SMILES string of the molecule is NOCc1cccc(OC2CCCCO2)c1. The highest BCUT2D eigenvalue weighted by molar-refractivity contribution is 5.28. The quantitative estimate of drug-likeness (QED) is 0.793. The van der Waals surface area contributed by atoms with Gasteiger partial charge in [0.05, 0.1) is 13.2 Å². The summed E-state index contributed by atoms with van der Waals surface area (Å²) < 4.78 is 11.2. The summed E-state index contributed by atoms with van der Waals surface area (Å²) in [4.78, 5) is 4.59. The second-order valence-electron chi connectivity index (χ2n) is 3.87. The lowest BCUT2D eigenvalue weighted by Gasteiger charge is -2.23. The van der Waals surface area contributed by atoms with Crippen molar-refractivity contribution in [1.29, 1.82) is 0 Å². The third-order valence-electron chi connectivity index (χ3n) is 2.55. The van der Waals surface area contributed by atoms with Crippen molar-refractivity contribution in [3.8, 4) is 5.75 Å². The first-order chi connectivity index (χ1) is 7.88. The summed E-state index contributed by atoms with van der Waals surface area (Å²) in [5, 5.41) is 0. The third kappa shape index (κ3) is 3.20. The van der Waals surface area contributed by atoms with Gasteiger partial charge in [-0.15, -0.1) is 0 Å². The van der Waals surface area contributed by atoms with Crippen LogP contribution in [0.5, 0.6) is 5.75 Å². The van der Waals surface area contributed by atoms with Gasteiger partial charge in [-0.2, -0.15) is 0 Å². The zero-order valence-electron chi connectivity index (χ0n) is 9.22. The topological polar surface area (TPSA) is 53.7 Å². The maximum atomic E-state index is 5.72. The monoisotopic (exact) mass is 223 g/mol. The zero-order chi connectivity index (χ0) is 11.2. The molecule has 0 bridgehead atoms. The van der Waals surface area contributed by atoms with E-state index >= 15 is 0 Å². The molecule has 4 heteroatoms. The van der Waals surface area contributed by atoms with Gasteiger partial charge in [-0.25, -0.2) is 5.90 Å². The molecule has 1 aliphatic rings. The lowest BCUT2D eigenvalue weighted by molar-refractivity contribution is -0.105. The van der Waals surface area contributed by atoms with Gasteiger partial charge >= 0.3 is 0 Å². The molecule has 2 rings (SSSR count). The van der Waals surface area contributed by atoms with Crippen molar-refractivity contribution in [2.75, 3.05) is 6.61 Å². The Bertz CT molecular complexity index is 324. The van der Waals surface area contributed by atoms with E-state index in [-0.39, 0.29) is 6.29 Å². The van der Waals surface area contributed by atoms with E-state index in [1.54, 1.807) is 0 Å². The Morgan fingerprint density at radius 3 is 3.06 bits per heavy atom. The Hall–Kier alpha value is -1.10. The average Bonchev–Trinajstić information content (AvgIpc) is 2.31. The molecule has 0 aromatic heterocycles. The number of nitrogens with two attached hydrogens (primary N) is 1. The predicted molar refractivity (Wildman–Crippen MR) is 59.6 cm³/mol. The van der Waals surface area contributed by atoms with E-state index in [1.165, 1.54) is 0 Å². The maximum absolute atomic E-state index is 5.72. The highest BCUT2D eigenvalue weighted by Crippen LogP contribution is 2.20. The Balaban J connectivity index is 1.94. The standard InChI is InChI=1S/C12H17NO3/c13-15-9-10-4-3-5-11(8-10)16-12-6-1-2-7-14-12/h3-5,8,12H,1-2,6-7,9,13H2. The fourth-order valence-corrected chi connectivity index (χ4v) is 1.76. The van der Waals surface area contributed by atoms with Crippen molar-refractivity contribution in [1.82, 2.24) is 0 Å². The summed E-state index contributed by atoms with van der Waals surface area (Å²) in [6.45, 7) is 1.18. The summed E-state index contributed by atoms with van der Waals surface area (Å²) in [7, 11) is 0. The van der Waals surface area contributed by atoms with Crippen molar-refractivity contribution in [2.45, 2.75) is 32.2 Å².